The number of hydrogen-bond acceptors (Lipinski definition) is 6. The Balaban J connectivity index is 1.84. The molecule has 0 unspecified atom stereocenters. The number of fused-ring (bicyclic) bond motifs is 1. The van der Waals surface area contributed by atoms with Crippen LogP contribution in [0.25, 0.3) is 0 Å². The Bertz CT molecular complexity index is 908. The molecule has 1 aliphatic carbocycles. The van der Waals surface area contributed by atoms with Gasteiger partial charge in [0.1, 0.15) is 10.7 Å². The van der Waals surface area contributed by atoms with Gasteiger partial charge in [-0.25, -0.2) is 4.79 Å². The Hall–Kier alpha value is -2.52. The average molecular weight is 391 g/mol. The van der Waals surface area contributed by atoms with Crippen molar-refractivity contribution in [2.75, 3.05) is 17.7 Å². The van der Waals surface area contributed by atoms with Crippen LogP contribution in [0.2, 0.25) is 0 Å². The Morgan fingerprint density at radius 3 is 2.81 bits per heavy atom. The lowest BCUT2D eigenvalue weighted by Crippen LogP contribution is -2.21. The fourth-order valence-corrected chi connectivity index (χ4v) is 4.52. The molecule has 0 fully saturated rings. The molecule has 7 nitrogen and oxygen atoms in total. The van der Waals surface area contributed by atoms with Gasteiger partial charge in [0.25, 0.3) is 5.69 Å². The molecule has 0 saturated heterocycles. The number of aryl methyl sites for hydroxylation is 2. The molecule has 0 bridgehead atoms. The van der Waals surface area contributed by atoms with E-state index in [-0.39, 0.29) is 10.8 Å². The fourth-order valence-electron chi connectivity index (χ4n) is 2.97. The van der Waals surface area contributed by atoms with Crippen LogP contribution in [-0.2, 0) is 17.6 Å². The number of thiophene rings is 1. The van der Waals surface area contributed by atoms with Gasteiger partial charge in [-0.1, -0.05) is 6.07 Å². The highest BCUT2D eigenvalue weighted by atomic mass is 32.1. The standard InChI is InChI=1S/C17H17N3O4S2/c1-9-6-7-11(12(8-9)20(22)23)18-17(25)19-15-14(16(21)24-2)10-4-3-5-13(10)26-15/h6-8H,3-5H2,1-2H3,(H2,18,19,25). The molecular formula is C17H17N3O4S2. The van der Waals surface area contributed by atoms with Crippen molar-refractivity contribution in [3.05, 3.63) is 49.9 Å². The summed E-state index contributed by atoms with van der Waals surface area (Å²) in [6.07, 6.45) is 2.78. The van der Waals surface area contributed by atoms with Gasteiger partial charge in [0.05, 0.1) is 17.6 Å². The molecular weight excluding hydrogens is 374 g/mol. The zero-order valence-electron chi connectivity index (χ0n) is 14.3. The zero-order valence-corrected chi connectivity index (χ0v) is 15.9. The van der Waals surface area contributed by atoms with Gasteiger partial charge in [-0.2, -0.15) is 0 Å². The normalized spacial score (nSPS) is 12.4. The molecule has 1 aromatic heterocycles. The van der Waals surface area contributed by atoms with Crippen LogP contribution in [0.3, 0.4) is 0 Å². The van der Waals surface area contributed by atoms with Crippen molar-refractivity contribution < 1.29 is 14.5 Å². The number of anilines is 2. The van der Waals surface area contributed by atoms with E-state index in [1.807, 2.05) is 0 Å². The highest BCUT2D eigenvalue weighted by molar-refractivity contribution is 7.80. The lowest BCUT2D eigenvalue weighted by molar-refractivity contribution is -0.383. The van der Waals surface area contributed by atoms with Crippen molar-refractivity contribution in [1.82, 2.24) is 0 Å². The van der Waals surface area contributed by atoms with Gasteiger partial charge in [0, 0.05) is 10.9 Å². The van der Waals surface area contributed by atoms with E-state index in [1.165, 1.54) is 24.5 Å². The monoisotopic (exact) mass is 391 g/mol. The molecule has 1 heterocycles. The van der Waals surface area contributed by atoms with Crippen LogP contribution < -0.4 is 10.6 Å². The molecule has 136 valence electrons. The number of nitrogens with one attached hydrogen (secondary N) is 2. The van der Waals surface area contributed by atoms with Crippen LogP contribution in [0.4, 0.5) is 16.4 Å². The molecule has 2 aromatic rings. The third kappa shape index (κ3) is 3.54. The second-order valence-corrected chi connectivity index (χ2v) is 7.42. The van der Waals surface area contributed by atoms with E-state index >= 15 is 0 Å². The van der Waals surface area contributed by atoms with Crippen molar-refractivity contribution in [3.8, 4) is 0 Å². The second-order valence-electron chi connectivity index (χ2n) is 5.91. The fraction of sp³-hybridized carbons (Fsp3) is 0.294. The van der Waals surface area contributed by atoms with Gasteiger partial charge < -0.3 is 15.4 Å². The Labute approximate surface area is 159 Å². The first-order valence-corrected chi connectivity index (χ1v) is 9.19. The molecule has 3 rings (SSSR count). The number of hydrogen-bond donors (Lipinski definition) is 2. The summed E-state index contributed by atoms with van der Waals surface area (Å²) < 4.78 is 4.90. The van der Waals surface area contributed by atoms with Crippen LogP contribution in [0.15, 0.2) is 18.2 Å². The lowest BCUT2D eigenvalue weighted by atomic mass is 10.1. The van der Waals surface area contributed by atoms with E-state index in [1.54, 1.807) is 19.1 Å². The predicted octanol–water partition coefficient (Wildman–Crippen LogP) is 4.05. The molecule has 0 atom stereocenters. The molecule has 9 heteroatoms. The first-order chi connectivity index (χ1) is 12.4. The van der Waals surface area contributed by atoms with Crippen LogP contribution in [-0.4, -0.2) is 23.1 Å². The highest BCUT2D eigenvalue weighted by Gasteiger charge is 2.27. The van der Waals surface area contributed by atoms with Gasteiger partial charge >= 0.3 is 5.97 Å². The van der Waals surface area contributed by atoms with E-state index in [9.17, 15) is 14.9 Å². The van der Waals surface area contributed by atoms with Crippen LogP contribution in [0.1, 0.15) is 32.8 Å². The summed E-state index contributed by atoms with van der Waals surface area (Å²) in [5, 5.41) is 17.9. The smallest absolute Gasteiger partial charge is 0.341 e. The first kappa shape index (κ1) is 18.3. The number of methoxy groups -OCH3 is 1. The third-order valence-corrected chi connectivity index (χ3v) is 5.55. The van der Waals surface area contributed by atoms with Gasteiger partial charge in [0.15, 0.2) is 5.11 Å². The molecule has 26 heavy (non-hydrogen) atoms. The van der Waals surface area contributed by atoms with Crippen LogP contribution in [0, 0.1) is 17.0 Å². The number of rotatable bonds is 4. The summed E-state index contributed by atoms with van der Waals surface area (Å²) in [6.45, 7) is 1.78. The van der Waals surface area contributed by atoms with E-state index < -0.39 is 10.9 Å². The highest BCUT2D eigenvalue weighted by Crippen LogP contribution is 2.39. The third-order valence-electron chi connectivity index (χ3n) is 4.14. The predicted molar refractivity (Wildman–Crippen MR) is 105 cm³/mol. The van der Waals surface area contributed by atoms with Crippen molar-refractivity contribution in [3.63, 3.8) is 0 Å². The lowest BCUT2D eigenvalue weighted by Gasteiger charge is -2.11. The number of esters is 1. The number of thiocarbonyl (C=S) groups is 1. The zero-order chi connectivity index (χ0) is 18.8. The minimum absolute atomic E-state index is 0.0592. The molecule has 0 spiro atoms. The first-order valence-electron chi connectivity index (χ1n) is 7.96. The molecule has 0 aliphatic heterocycles. The number of carbonyl (C=O) groups is 1. The Morgan fingerprint density at radius 1 is 1.35 bits per heavy atom. The molecule has 1 aliphatic rings. The molecule has 0 amide bonds. The van der Waals surface area contributed by atoms with Gasteiger partial charge in [0.2, 0.25) is 0 Å². The maximum Gasteiger partial charge on any atom is 0.341 e. The number of nitrogens with zero attached hydrogens (tertiary/aromatic N) is 1. The van der Waals surface area contributed by atoms with Crippen LogP contribution >= 0.6 is 23.6 Å². The number of nitro benzene ring substituents is 1. The minimum atomic E-state index is -0.461. The van der Waals surface area contributed by atoms with Gasteiger partial charge in [-0.05, 0) is 55.6 Å². The Morgan fingerprint density at radius 2 is 2.12 bits per heavy atom. The molecule has 0 radical (unpaired) electrons. The van der Waals surface area contributed by atoms with Crippen molar-refractivity contribution in [2.24, 2.45) is 0 Å². The van der Waals surface area contributed by atoms with Gasteiger partial charge in [-0.15, -0.1) is 11.3 Å². The van der Waals surface area contributed by atoms with Crippen LogP contribution in [0.5, 0.6) is 0 Å². The summed E-state index contributed by atoms with van der Waals surface area (Å²) in [6, 6.07) is 4.85. The number of benzene rings is 1. The number of nitro groups is 1. The maximum absolute atomic E-state index is 12.2. The summed E-state index contributed by atoms with van der Waals surface area (Å²) in [7, 11) is 1.34. The van der Waals surface area contributed by atoms with E-state index in [4.69, 9.17) is 17.0 Å². The van der Waals surface area contributed by atoms with Gasteiger partial charge in [-0.3, -0.25) is 10.1 Å². The number of ether oxygens (including phenoxy) is 1. The van der Waals surface area contributed by atoms with Crippen molar-refractivity contribution in [2.45, 2.75) is 26.2 Å². The maximum atomic E-state index is 12.2. The molecule has 2 N–H and O–H groups in total. The Kier molecular flexibility index (Phi) is 5.19. The largest absolute Gasteiger partial charge is 0.465 e. The molecule has 1 aromatic carbocycles. The quantitative estimate of drug-likeness (QED) is 0.351. The topological polar surface area (TPSA) is 93.5 Å². The summed E-state index contributed by atoms with van der Waals surface area (Å²) >= 11 is 6.77. The van der Waals surface area contributed by atoms with E-state index in [2.05, 4.69) is 10.6 Å². The molecule has 0 saturated carbocycles. The summed E-state index contributed by atoms with van der Waals surface area (Å²) in [5.74, 6) is -0.406. The summed E-state index contributed by atoms with van der Waals surface area (Å²) in [5.41, 5.74) is 2.53. The summed E-state index contributed by atoms with van der Waals surface area (Å²) in [4.78, 5) is 24.1. The average Bonchev–Trinajstić information content (AvgIpc) is 3.16. The SMILES string of the molecule is COC(=O)c1c(NC(=S)Nc2ccc(C)cc2[N+](=O)[O-])sc2c1CCC2. The minimum Gasteiger partial charge on any atom is -0.465 e. The second kappa shape index (κ2) is 7.38. The van der Waals surface area contributed by atoms with Crippen molar-refractivity contribution in [1.29, 1.82) is 0 Å². The van der Waals surface area contributed by atoms with E-state index in [0.717, 1.165) is 35.3 Å². The van der Waals surface area contributed by atoms with Crippen molar-refractivity contribution >= 4 is 51.0 Å². The van der Waals surface area contributed by atoms with E-state index in [0.29, 0.717) is 16.3 Å². The number of carbonyl (C=O) groups excluding carboxylic acids is 1.